The average molecular weight is 227 g/mol. The number of carbonyl (C=O) groups is 1. The topological polar surface area (TPSA) is 98.3 Å². The fraction of sp³-hybridized carbons (Fsp3) is 0.222. The first-order chi connectivity index (χ1) is 7.50. The Morgan fingerprint density at radius 2 is 2.25 bits per heavy atom. The molecule has 1 aromatic carbocycles. The minimum atomic E-state index is -0.610. The molecule has 3 N–H and O–H groups in total. The Morgan fingerprint density at radius 1 is 1.56 bits per heavy atom. The molecule has 0 atom stereocenters. The Bertz CT molecular complexity index is 422. The Kier molecular flexibility index (Phi) is 3.90. The molecule has 0 saturated heterocycles. The van der Waals surface area contributed by atoms with Gasteiger partial charge in [-0.05, 0) is 12.1 Å². The van der Waals surface area contributed by atoms with Crippen LogP contribution in [-0.2, 0) is 11.3 Å². The normalized spacial score (nSPS) is 10.1. The molecule has 0 unspecified atom stereocenters. The fourth-order valence-electron chi connectivity index (χ4n) is 1.19. The molecular weight excluding hydrogens is 217 g/mol. The van der Waals surface area contributed by atoms with E-state index in [1.165, 1.54) is 0 Å². The van der Waals surface area contributed by atoms with E-state index >= 15 is 0 Å². The Balaban J connectivity index is 2.80. The van der Waals surface area contributed by atoms with Crippen LogP contribution in [0, 0.1) is 15.9 Å². The third kappa shape index (κ3) is 3.28. The summed E-state index contributed by atoms with van der Waals surface area (Å²) in [5.74, 6) is -1.15. The van der Waals surface area contributed by atoms with E-state index in [9.17, 15) is 19.3 Å². The van der Waals surface area contributed by atoms with Gasteiger partial charge in [0.15, 0.2) is 0 Å². The molecule has 1 rings (SSSR count). The SMILES string of the molecule is NC(=O)CNCc1cc(F)ccc1[N+](=O)[O-]. The second kappa shape index (κ2) is 5.17. The molecule has 86 valence electrons. The van der Waals surface area contributed by atoms with Gasteiger partial charge in [-0.25, -0.2) is 4.39 Å². The first-order valence-corrected chi connectivity index (χ1v) is 4.42. The van der Waals surface area contributed by atoms with Crippen LogP contribution in [0.2, 0.25) is 0 Å². The number of amides is 1. The molecule has 0 aliphatic carbocycles. The molecule has 0 aliphatic heterocycles. The molecule has 0 aliphatic rings. The molecule has 0 aromatic heterocycles. The summed E-state index contributed by atoms with van der Waals surface area (Å²) in [5, 5.41) is 13.2. The van der Waals surface area contributed by atoms with E-state index in [2.05, 4.69) is 5.32 Å². The molecule has 0 fully saturated rings. The van der Waals surface area contributed by atoms with Crippen molar-refractivity contribution in [3.63, 3.8) is 0 Å². The maximum atomic E-state index is 12.9. The third-order valence-corrected chi connectivity index (χ3v) is 1.85. The molecule has 6 nitrogen and oxygen atoms in total. The number of rotatable bonds is 5. The van der Waals surface area contributed by atoms with E-state index in [0.29, 0.717) is 0 Å². The van der Waals surface area contributed by atoms with Crippen LogP contribution in [0.4, 0.5) is 10.1 Å². The monoisotopic (exact) mass is 227 g/mol. The zero-order valence-corrected chi connectivity index (χ0v) is 8.27. The standard InChI is InChI=1S/C9H10FN3O3/c10-7-1-2-8(13(15)16)6(3-7)4-12-5-9(11)14/h1-3,12H,4-5H2,(H2,11,14). The summed E-state index contributed by atoms with van der Waals surface area (Å²) in [6.07, 6.45) is 0. The molecule has 1 amide bonds. The molecule has 16 heavy (non-hydrogen) atoms. The van der Waals surface area contributed by atoms with Crippen molar-refractivity contribution in [2.45, 2.75) is 6.54 Å². The largest absolute Gasteiger partial charge is 0.369 e. The van der Waals surface area contributed by atoms with Crippen LogP contribution < -0.4 is 11.1 Å². The minimum absolute atomic E-state index is 0.0109. The number of hydrogen-bond acceptors (Lipinski definition) is 4. The molecule has 7 heteroatoms. The predicted molar refractivity (Wildman–Crippen MR) is 54.0 cm³/mol. The van der Waals surface area contributed by atoms with Gasteiger partial charge in [-0.2, -0.15) is 0 Å². The highest BCUT2D eigenvalue weighted by Crippen LogP contribution is 2.18. The average Bonchev–Trinajstić information content (AvgIpc) is 2.16. The zero-order valence-electron chi connectivity index (χ0n) is 8.27. The molecular formula is C9H10FN3O3. The molecule has 1 aromatic rings. The second-order valence-corrected chi connectivity index (χ2v) is 3.10. The van der Waals surface area contributed by atoms with Crippen LogP contribution in [0.15, 0.2) is 18.2 Å². The van der Waals surface area contributed by atoms with Crippen LogP contribution in [-0.4, -0.2) is 17.4 Å². The van der Waals surface area contributed by atoms with Crippen molar-refractivity contribution in [1.29, 1.82) is 0 Å². The van der Waals surface area contributed by atoms with E-state index in [4.69, 9.17) is 5.73 Å². The van der Waals surface area contributed by atoms with E-state index in [-0.39, 0.29) is 24.3 Å². The Labute approximate surface area is 90.4 Å². The van der Waals surface area contributed by atoms with Crippen molar-refractivity contribution in [3.05, 3.63) is 39.7 Å². The summed E-state index contributed by atoms with van der Waals surface area (Å²) in [5.41, 5.74) is 4.85. The summed E-state index contributed by atoms with van der Waals surface area (Å²) in [7, 11) is 0. The fourth-order valence-corrected chi connectivity index (χ4v) is 1.19. The predicted octanol–water partition coefficient (Wildman–Crippen LogP) is 0.309. The molecule has 0 bridgehead atoms. The van der Waals surface area contributed by atoms with Gasteiger partial charge >= 0.3 is 0 Å². The van der Waals surface area contributed by atoms with Gasteiger partial charge in [-0.1, -0.05) is 0 Å². The van der Waals surface area contributed by atoms with Crippen molar-refractivity contribution in [1.82, 2.24) is 5.32 Å². The summed E-state index contributed by atoms with van der Waals surface area (Å²) < 4.78 is 12.9. The molecule has 0 radical (unpaired) electrons. The van der Waals surface area contributed by atoms with Crippen LogP contribution >= 0.6 is 0 Å². The first-order valence-electron chi connectivity index (χ1n) is 4.42. The van der Waals surface area contributed by atoms with Gasteiger partial charge in [0.05, 0.1) is 11.5 Å². The summed E-state index contributed by atoms with van der Waals surface area (Å²) in [6, 6.07) is 3.14. The maximum Gasteiger partial charge on any atom is 0.274 e. The number of nitrogens with two attached hydrogens (primary N) is 1. The number of nitro groups is 1. The number of nitrogens with one attached hydrogen (secondary N) is 1. The van der Waals surface area contributed by atoms with Crippen molar-refractivity contribution >= 4 is 11.6 Å². The van der Waals surface area contributed by atoms with Crippen molar-refractivity contribution in [2.24, 2.45) is 5.73 Å². The summed E-state index contributed by atoms with van der Waals surface area (Å²) in [4.78, 5) is 20.4. The van der Waals surface area contributed by atoms with Gasteiger partial charge in [-0.15, -0.1) is 0 Å². The van der Waals surface area contributed by atoms with Crippen LogP contribution in [0.5, 0.6) is 0 Å². The minimum Gasteiger partial charge on any atom is -0.369 e. The van der Waals surface area contributed by atoms with Crippen LogP contribution in [0.3, 0.4) is 0 Å². The van der Waals surface area contributed by atoms with Gasteiger partial charge in [-0.3, -0.25) is 14.9 Å². The van der Waals surface area contributed by atoms with Gasteiger partial charge in [0, 0.05) is 18.2 Å². The number of nitro benzene ring substituents is 1. The first kappa shape index (κ1) is 12.1. The quantitative estimate of drug-likeness (QED) is 0.558. The number of halogens is 1. The molecule has 0 heterocycles. The Hall–Kier alpha value is -2.02. The lowest BCUT2D eigenvalue weighted by atomic mass is 10.1. The number of carbonyl (C=O) groups excluding carboxylic acids is 1. The number of nitrogens with zero attached hydrogens (tertiary/aromatic N) is 1. The van der Waals surface area contributed by atoms with Gasteiger partial charge < -0.3 is 11.1 Å². The van der Waals surface area contributed by atoms with Crippen LogP contribution in [0.25, 0.3) is 0 Å². The third-order valence-electron chi connectivity index (χ3n) is 1.85. The smallest absolute Gasteiger partial charge is 0.274 e. The van der Waals surface area contributed by atoms with E-state index < -0.39 is 16.6 Å². The molecule has 0 spiro atoms. The van der Waals surface area contributed by atoms with E-state index in [1.54, 1.807) is 0 Å². The lowest BCUT2D eigenvalue weighted by Gasteiger charge is -2.03. The van der Waals surface area contributed by atoms with E-state index in [0.717, 1.165) is 18.2 Å². The maximum absolute atomic E-state index is 12.9. The van der Waals surface area contributed by atoms with Crippen LogP contribution in [0.1, 0.15) is 5.56 Å². The van der Waals surface area contributed by atoms with Gasteiger partial charge in [0.2, 0.25) is 5.91 Å². The highest BCUT2D eigenvalue weighted by Gasteiger charge is 2.13. The van der Waals surface area contributed by atoms with E-state index in [1.807, 2.05) is 0 Å². The zero-order chi connectivity index (χ0) is 12.1. The van der Waals surface area contributed by atoms with Crippen molar-refractivity contribution in [2.75, 3.05) is 6.54 Å². The number of primary amides is 1. The lowest BCUT2D eigenvalue weighted by Crippen LogP contribution is -2.28. The number of benzene rings is 1. The van der Waals surface area contributed by atoms with Crippen molar-refractivity contribution < 1.29 is 14.1 Å². The lowest BCUT2D eigenvalue weighted by molar-refractivity contribution is -0.385. The summed E-state index contributed by atoms with van der Waals surface area (Å²) >= 11 is 0. The van der Waals surface area contributed by atoms with Gasteiger partial charge in [0.1, 0.15) is 5.82 Å². The molecule has 0 saturated carbocycles. The van der Waals surface area contributed by atoms with Gasteiger partial charge in [0.25, 0.3) is 5.69 Å². The highest BCUT2D eigenvalue weighted by atomic mass is 19.1. The Morgan fingerprint density at radius 3 is 2.81 bits per heavy atom. The van der Waals surface area contributed by atoms with Crippen molar-refractivity contribution in [3.8, 4) is 0 Å². The highest BCUT2D eigenvalue weighted by molar-refractivity contribution is 5.75. The second-order valence-electron chi connectivity index (χ2n) is 3.10. The summed E-state index contributed by atoms with van der Waals surface area (Å²) in [6.45, 7) is -0.106. The number of hydrogen-bond donors (Lipinski definition) is 2.